The lowest BCUT2D eigenvalue weighted by Gasteiger charge is -2.39. The summed E-state index contributed by atoms with van der Waals surface area (Å²) in [6.07, 6.45) is 2.50. The smallest absolute Gasteiger partial charge is 0.191 e. The largest absolute Gasteiger partial charge is 0.356 e. The minimum Gasteiger partial charge on any atom is -0.356 e. The molecule has 2 N–H and O–H groups in total. The molecule has 2 atom stereocenters. The van der Waals surface area contributed by atoms with E-state index in [1.165, 1.54) is 29.1 Å². The van der Waals surface area contributed by atoms with Crippen LogP contribution in [0.2, 0.25) is 4.34 Å². The fourth-order valence-corrected chi connectivity index (χ4v) is 5.46. The van der Waals surface area contributed by atoms with E-state index in [1.54, 1.807) is 11.3 Å². The molecule has 1 saturated heterocycles. The molecule has 0 aliphatic carbocycles. The Morgan fingerprint density at radius 3 is 2.92 bits per heavy atom. The van der Waals surface area contributed by atoms with E-state index in [1.807, 2.05) is 24.5 Å². The number of nitrogens with one attached hydrogen (secondary N) is 2. The Morgan fingerprint density at radius 2 is 2.24 bits per heavy atom. The van der Waals surface area contributed by atoms with Crippen LogP contribution in [-0.2, 0) is 6.54 Å². The molecule has 3 rings (SSSR count). The minimum atomic E-state index is 0.496. The molecule has 136 valence electrons. The number of thiophene rings is 2. The molecule has 0 radical (unpaired) electrons. The highest BCUT2D eigenvalue weighted by molar-refractivity contribution is 7.16. The molecular formula is C18H25ClN4S2. The number of rotatable bonds is 5. The van der Waals surface area contributed by atoms with E-state index in [4.69, 9.17) is 11.6 Å². The summed E-state index contributed by atoms with van der Waals surface area (Å²) in [7, 11) is 4.06. The van der Waals surface area contributed by atoms with Gasteiger partial charge in [0.1, 0.15) is 0 Å². The van der Waals surface area contributed by atoms with Crippen molar-refractivity contribution in [1.82, 2.24) is 15.5 Å². The molecule has 7 heteroatoms. The zero-order valence-corrected chi connectivity index (χ0v) is 17.1. The molecule has 1 aliphatic heterocycles. The first-order valence-electron chi connectivity index (χ1n) is 8.59. The zero-order valence-electron chi connectivity index (χ0n) is 14.7. The van der Waals surface area contributed by atoms with Crippen molar-refractivity contribution in [3.05, 3.63) is 43.7 Å². The monoisotopic (exact) mass is 396 g/mol. The van der Waals surface area contributed by atoms with Gasteiger partial charge in [-0.15, -0.1) is 22.7 Å². The van der Waals surface area contributed by atoms with Crippen molar-refractivity contribution in [3.8, 4) is 0 Å². The maximum absolute atomic E-state index is 5.99. The predicted octanol–water partition coefficient (Wildman–Crippen LogP) is 4.21. The number of hydrogen-bond acceptors (Lipinski definition) is 4. The normalized spacial score (nSPS) is 22.1. The van der Waals surface area contributed by atoms with E-state index < -0.39 is 0 Å². The van der Waals surface area contributed by atoms with E-state index in [9.17, 15) is 0 Å². The lowest BCUT2D eigenvalue weighted by molar-refractivity contribution is 0.125. The van der Waals surface area contributed by atoms with Crippen LogP contribution < -0.4 is 10.6 Å². The number of aliphatic imine (C=N–C) groups is 1. The first kappa shape index (κ1) is 18.7. The van der Waals surface area contributed by atoms with Crippen LogP contribution in [0, 0.1) is 5.92 Å². The predicted molar refractivity (Wildman–Crippen MR) is 110 cm³/mol. The van der Waals surface area contributed by atoms with E-state index in [0.717, 1.165) is 23.4 Å². The van der Waals surface area contributed by atoms with Gasteiger partial charge >= 0.3 is 0 Å². The molecule has 3 heterocycles. The van der Waals surface area contributed by atoms with Crippen LogP contribution in [0.1, 0.15) is 28.6 Å². The highest BCUT2D eigenvalue weighted by Gasteiger charge is 2.31. The molecule has 0 spiro atoms. The van der Waals surface area contributed by atoms with E-state index in [0.29, 0.717) is 12.0 Å². The fraction of sp³-hybridized carbons (Fsp3) is 0.500. The third-order valence-electron chi connectivity index (χ3n) is 4.66. The molecular weight excluding hydrogens is 372 g/mol. The van der Waals surface area contributed by atoms with Crippen molar-refractivity contribution in [1.29, 1.82) is 0 Å². The SMILES string of the molecule is CN=C(NCc1ccc(Cl)s1)NCC1CCCN(C)C1c1cccs1. The fourth-order valence-electron chi connectivity index (χ4n) is 3.45. The molecule has 2 aromatic rings. The summed E-state index contributed by atoms with van der Waals surface area (Å²) in [4.78, 5) is 9.52. The van der Waals surface area contributed by atoms with Crippen molar-refractivity contribution in [3.63, 3.8) is 0 Å². The van der Waals surface area contributed by atoms with Gasteiger partial charge in [0.05, 0.1) is 10.9 Å². The molecule has 1 fully saturated rings. The standard InChI is InChI=1S/C18H25ClN4S2/c1-20-18(22-12-14-7-8-16(19)25-14)21-11-13-5-3-9-23(2)17(13)15-6-4-10-24-15/h4,6-8,10,13,17H,3,5,9,11-12H2,1-2H3,(H2,20,21,22). The number of piperidine rings is 1. The lowest BCUT2D eigenvalue weighted by Crippen LogP contribution is -2.44. The van der Waals surface area contributed by atoms with Crippen molar-refractivity contribution in [2.45, 2.75) is 25.4 Å². The van der Waals surface area contributed by atoms with Gasteiger partial charge < -0.3 is 10.6 Å². The average molecular weight is 397 g/mol. The second kappa shape index (κ2) is 9.03. The number of guanidine groups is 1. The Hall–Kier alpha value is -1.08. The lowest BCUT2D eigenvalue weighted by atomic mass is 9.88. The van der Waals surface area contributed by atoms with Gasteiger partial charge in [0.2, 0.25) is 0 Å². The highest BCUT2D eigenvalue weighted by Crippen LogP contribution is 2.36. The Morgan fingerprint density at radius 1 is 1.36 bits per heavy atom. The van der Waals surface area contributed by atoms with Gasteiger partial charge in [-0.1, -0.05) is 17.7 Å². The summed E-state index contributed by atoms with van der Waals surface area (Å²) in [5, 5.41) is 9.07. The molecule has 0 aromatic carbocycles. The maximum Gasteiger partial charge on any atom is 0.191 e. The topological polar surface area (TPSA) is 39.7 Å². The highest BCUT2D eigenvalue weighted by atomic mass is 35.5. The quantitative estimate of drug-likeness (QED) is 0.587. The molecule has 0 amide bonds. The average Bonchev–Trinajstić information content (AvgIpc) is 3.27. The molecule has 0 saturated carbocycles. The van der Waals surface area contributed by atoms with Crippen molar-refractivity contribution >= 4 is 40.2 Å². The van der Waals surface area contributed by atoms with E-state index >= 15 is 0 Å². The molecule has 25 heavy (non-hydrogen) atoms. The van der Waals surface area contributed by atoms with Gasteiger partial charge in [-0.3, -0.25) is 9.89 Å². The van der Waals surface area contributed by atoms with Crippen molar-refractivity contribution in [2.24, 2.45) is 10.9 Å². The molecule has 4 nitrogen and oxygen atoms in total. The zero-order chi connectivity index (χ0) is 17.6. The Balaban J connectivity index is 1.56. The minimum absolute atomic E-state index is 0.496. The van der Waals surface area contributed by atoms with Gasteiger partial charge in [0.25, 0.3) is 0 Å². The maximum atomic E-state index is 5.99. The summed E-state index contributed by atoms with van der Waals surface area (Å²) in [6, 6.07) is 8.90. The van der Waals surface area contributed by atoms with Crippen molar-refractivity contribution in [2.75, 3.05) is 27.2 Å². The summed E-state index contributed by atoms with van der Waals surface area (Å²) >= 11 is 9.45. The second-order valence-corrected chi connectivity index (χ2v) is 9.13. The number of likely N-dealkylation sites (tertiary alicyclic amines) is 1. The summed E-state index contributed by atoms with van der Waals surface area (Å²) in [5.41, 5.74) is 0. The van der Waals surface area contributed by atoms with Crippen LogP contribution in [0.5, 0.6) is 0 Å². The molecule has 2 unspecified atom stereocenters. The van der Waals surface area contributed by atoms with Gasteiger partial charge in [-0.2, -0.15) is 0 Å². The van der Waals surface area contributed by atoms with Gasteiger partial charge in [0.15, 0.2) is 5.96 Å². The van der Waals surface area contributed by atoms with Crippen LogP contribution in [0.4, 0.5) is 0 Å². The van der Waals surface area contributed by atoms with Gasteiger partial charge in [-0.05, 0) is 55.9 Å². The molecule has 2 aromatic heterocycles. The van der Waals surface area contributed by atoms with Crippen molar-refractivity contribution < 1.29 is 0 Å². The third-order valence-corrected chi connectivity index (χ3v) is 6.83. The Labute approximate surface area is 162 Å². The van der Waals surface area contributed by atoms with Crippen LogP contribution in [0.25, 0.3) is 0 Å². The third kappa shape index (κ3) is 4.97. The first-order valence-corrected chi connectivity index (χ1v) is 10.7. The van der Waals surface area contributed by atoms with Gasteiger partial charge in [0, 0.05) is 29.4 Å². The van der Waals surface area contributed by atoms with Crippen LogP contribution in [0.15, 0.2) is 34.6 Å². The number of nitrogens with zero attached hydrogens (tertiary/aromatic N) is 2. The summed E-state index contributed by atoms with van der Waals surface area (Å²) in [6.45, 7) is 2.85. The number of hydrogen-bond donors (Lipinski definition) is 2. The van der Waals surface area contributed by atoms with E-state index in [-0.39, 0.29) is 0 Å². The summed E-state index contributed by atoms with van der Waals surface area (Å²) in [5.74, 6) is 1.44. The molecule has 1 aliphatic rings. The van der Waals surface area contributed by atoms with Crippen LogP contribution in [0.3, 0.4) is 0 Å². The molecule has 0 bridgehead atoms. The number of halogens is 1. The Bertz CT molecular complexity index is 683. The van der Waals surface area contributed by atoms with Crippen LogP contribution in [-0.4, -0.2) is 38.0 Å². The Kier molecular flexibility index (Phi) is 6.76. The van der Waals surface area contributed by atoms with Crippen LogP contribution >= 0.6 is 34.3 Å². The second-order valence-electron chi connectivity index (χ2n) is 6.36. The summed E-state index contributed by atoms with van der Waals surface area (Å²) < 4.78 is 0.823. The van der Waals surface area contributed by atoms with Gasteiger partial charge in [-0.25, -0.2) is 0 Å². The van der Waals surface area contributed by atoms with E-state index in [2.05, 4.69) is 51.2 Å². The first-order chi connectivity index (χ1) is 12.2.